The van der Waals surface area contributed by atoms with Crippen LogP contribution in [0.4, 0.5) is 11.8 Å². The largest absolute Gasteiger partial charge is 0.365 e. The summed E-state index contributed by atoms with van der Waals surface area (Å²) in [5.74, 6) is 1.41. The number of nitrogens with one attached hydrogen (secondary N) is 2. The number of hydrogen-bond acceptors (Lipinski definition) is 5. The molecule has 6 heteroatoms. The molecule has 0 aliphatic carbocycles. The molecule has 0 aromatic carbocycles. The van der Waals surface area contributed by atoms with E-state index < -0.39 is 0 Å². The van der Waals surface area contributed by atoms with E-state index in [0.717, 1.165) is 16.8 Å². The van der Waals surface area contributed by atoms with Gasteiger partial charge in [0.25, 0.3) is 0 Å². The van der Waals surface area contributed by atoms with Crippen LogP contribution < -0.4 is 10.6 Å². The predicted octanol–water partition coefficient (Wildman–Crippen LogP) is 3.26. The van der Waals surface area contributed by atoms with E-state index in [9.17, 15) is 0 Å². The summed E-state index contributed by atoms with van der Waals surface area (Å²) >= 11 is 5.15. The third-order valence-corrected chi connectivity index (χ3v) is 3.87. The molecular formula is C11H13BrN4S. The lowest BCUT2D eigenvalue weighted by atomic mass is 10.2. The number of anilines is 2. The molecule has 2 aromatic heterocycles. The predicted molar refractivity (Wildman–Crippen MR) is 75.7 cm³/mol. The van der Waals surface area contributed by atoms with Gasteiger partial charge in [-0.3, -0.25) is 0 Å². The third kappa shape index (κ3) is 2.95. The van der Waals surface area contributed by atoms with Gasteiger partial charge in [-0.1, -0.05) is 0 Å². The fourth-order valence-electron chi connectivity index (χ4n) is 1.36. The van der Waals surface area contributed by atoms with E-state index in [0.29, 0.717) is 5.95 Å². The first-order valence-corrected chi connectivity index (χ1v) is 6.90. The minimum absolute atomic E-state index is 0.609. The van der Waals surface area contributed by atoms with Crippen molar-refractivity contribution in [2.75, 3.05) is 17.7 Å². The smallest absolute Gasteiger partial charge is 0.224 e. The van der Waals surface area contributed by atoms with Crippen LogP contribution in [0.2, 0.25) is 0 Å². The number of aryl methyl sites for hydroxylation is 1. The van der Waals surface area contributed by atoms with Crippen LogP contribution in [-0.4, -0.2) is 17.0 Å². The molecule has 0 amide bonds. The first-order valence-electron chi connectivity index (χ1n) is 5.16. The van der Waals surface area contributed by atoms with Gasteiger partial charge in [0, 0.05) is 19.8 Å². The van der Waals surface area contributed by atoms with E-state index in [1.165, 1.54) is 11.1 Å². The van der Waals surface area contributed by atoms with Gasteiger partial charge in [-0.05, 0) is 44.7 Å². The Balaban J connectivity index is 2.11. The Hall–Kier alpha value is -1.14. The van der Waals surface area contributed by atoms with Crippen molar-refractivity contribution < 1.29 is 0 Å². The Morgan fingerprint density at radius 3 is 2.88 bits per heavy atom. The summed E-state index contributed by atoms with van der Waals surface area (Å²) in [6.45, 7) is 2.88. The number of rotatable bonds is 4. The maximum atomic E-state index is 4.34. The Bertz CT molecular complexity index is 512. The summed E-state index contributed by atoms with van der Waals surface area (Å²) < 4.78 is 0.865. The molecule has 0 radical (unpaired) electrons. The highest BCUT2D eigenvalue weighted by atomic mass is 79.9. The summed E-state index contributed by atoms with van der Waals surface area (Å²) in [5, 5.41) is 10.5. The Kier molecular flexibility index (Phi) is 3.96. The maximum Gasteiger partial charge on any atom is 0.224 e. The third-order valence-electron chi connectivity index (χ3n) is 2.38. The Morgan fingerprint density at radius 2 is 2.24 bits per heavy atom. The summed E-state index contributed by atoms with van der Waals surface area (Å²) in [7, 11) is 1.80. The van der Waals surface area contributed by atoms with Gasteiger partial charge in [0.05, 0.1) is 4.47 Å². The normalized spacial score (nSPS) is 10.3. The standard InChI is InChI=1S/C11H13BrN4S/c1-7-5-17-6-8(7)3-14-10-9(12)4-15-11(13-2)16-10/h4-6H,3H2,1-2H3,(H2,13,14,15,16). The van der Waals surface area contributed by atoms with Crippen molar-refractivity contribution in [3.8, 4) is 0 Å². The van der Waals surface area contributed by atoms with Crippen LogP contribution in [-0.2, 0) is 6.54 Å². The van der Waals surface area contributed by atoms with Gasteiger partial charge < -0.3 is 10.6 Å². The molecule has 2 N–H and O–H groups in total. The second-order valence-electron chi connectivity index (χ2n) is 3.57. The van der Waals surface area contributed by atoms with Crippen molar-refractivity contribution in [3.63, 3.8) is 0 Å². The number of hydrogen-bond donors (Lipinski definition) is 2. The van der Waals surface area contributed by atoms with Gasteiger partial charge in [-0.15, -0.1) is 0 Å². The molecule has 0 atom stereocenters. The molecule has 0 saturated heterocycles. The average Bonchev–Trinajstić information content (AvgIpc) is 2.74. The molecule has 0 fully saturated rings. The summed E-state index contributed by atoms with van der Waals surface area (Å²) in [4.78, 5) is 8.46. The quantitative estimate of drug-likeness (QED) is 0.909. The molecule has 0 unspecified atom stereocenters. The second kappa shape index (κ2) is 5.46. The zero-order chi connectivity index (χ0) is 12.3. The fourth-order valence-corrected chi connectivity index (χ4v) is 2.55. The molecule has 90 valence electrons. The van der Waals surface area contributed by atoms with E-state index >= 15 is 0 Å². The van der Waals surface area contributed by atoms with Crippen molar-refractivity contribution in [2.45, 2.75) is 13.5 Å². The highest BCUT2D eigenvalue weighted by Crippen LogP contribution is 2.22. The Morgan fingerprint density at radius 1 is 1.41 bits per heavy atom. The van der Waals surface area contributed by atoms with Crippen molar-refractivity contribution in [2.24, 2.45) is 0 Å². The molecule has 4 nitrogen and oxygen atoms in total. The van der Waals surface area contributed by atoms with Gasteiger partial charge in [0.15, 0.2) is 0 Å². The zero-order valence-electron chi connectivity index (χ0n) is 9.62. The van der Waals surface area contributed by atoms with E-state index in [1.807, 2.05) is 0 Å². The molecular weight excluding hydrogens is 300 g/mol. The lowest BCUT2D eigenvalue weighted by Gasteiger charge is -2.08. The first-order chi connectivity index (χ1) is 8.20. The van der Waals surface area contributed by atoms with Crippen LogP contribution in [0.15, 0.2) is 21.4 Å². The van der Waals surface area contributed by atoms with E-state index in [2.05, 4.69) is 54.2 Å². The Labute approximate surface area is 113 Å². The van der Waals surface area contributed by atoms with Crippen molar-refractivity contribution in [1.29, 1.82) is 0 Å². The fraction of sp³-hybridized carbons (Fsp3) is 0.273. The molecule has 0 aliphatic rings. The van der Waals surface area contributed by atoms with Gasteiger partial charge in [0.2, 0.25) is 5.95 Å². The van der Waals surface area contributed by atoms with Gasteiger partial charge in [-0.2, -0.15) is 16.3 Å². The molecule has 0 saturated carbocycles. The van der Waals surface area contributed by atoms with Crippen molar-refractivity contribution in [3.05, 3.63) is 32.6 Å². The first kappa shape index (κ1) is 12.3. The molecule has 0 bridgehead atoms. The van der Waals surface area contributed by atoms with E-state index in [1.54, 1.807) is 24.6 Å². The van der Waals surface area contributed by atoms with Crippen LogP contribution in [0.5, 0.6) is 0 Å². The van der Waals surface area contributed by atoms with Gasteiger partial charge in [0.1, 0.15) is 5.82 Å². The molecule has 2 aromatic rings. The number of thiophene rings is 1. The number of nitrogens with zero attached hydrogens (tertiary/aromatic N) is 2. The summed E-state index contributed by atoms with van der Waals surface area (Å²) in [6, 6.07) is 0. The summed E-state index contributed by atoms with van der Waals surface area (Å²) in [6.07, 6.45) is 1.74. The highest BCUT2D eigenvalue weighted by Gasteiger charge is 2.05. The van der Waals surface area contributed by atoms with Crippen LogP contribution in [0.3, 0.4) is 0 Å². The van der Waals surface area contributed by atoms with E-state index in [4.69, 9.17) is 0 Å². The van der Waals surface area contributed by atoms with Crippen molar-refractivity contribution in [1.82, 2.24) is 9.97 Å². The van der Waals surface area contributed by atoms with Crippen LogP contribution in [0.25, 0.3) is 0 Å². The average molecular weight is 313 g/mol. The molecule has 2 heterocycles. The van der Waals surface area contributed by atoms with Gasteiger partial charge in [-0.25, -0.2) is 4.98 Å². The SMILES string of the molecule is CNc1ncc(Br)c(NCc2cscc2C)n1. The highest BCUT2D eigenvalue weighted by molar-refractivity contribution is 9.10. The topological polar surface area (TPSA) is 49.8 Å². The minimum atomic E-state index is 0.609. The lowest BCUT2D eigenvalue weighted by molar-refractivity contribution is 1.07. The zero-order valence-corrected chi connectivity index (χ0v) is 12.0. The van der Waals surface area contributed by atoms with Crippen LogP contribution >= 0.6 is 27.3 Å². The number of aromatic nitrogens is 2. The molecule has 0 spiro atoms. The second-order valence-corrected chi connectivity index (χ2v) is 5.17. The van der Waals surface area contributed by atoms with Crippen LogP contribution in [0, 0.1) is 6.92 Å². The molecule has 0 aliphatic heterocycles. The van der Waals surface area contributed by atoms with Gasteiger partial charge >= 0.3 is 0 Å². The number of halogens is 1. The lowest BCUT2D eigenvalue weighted by Crippen LogP contribution is -2.05. The van der Waals surface area contributed by atoms with Crippen LogP contribution in [0.1, 0.15) is 11.1 Å². The maximum absolute atomic E-state index is 4.34. The minimum Gasteiger partial charge on any atom is -0.365 e. The van der Waals surface area contributed by atoms with E-state index in [-0.39, 0.29) is 0 Å². The van der Waals surface area contributed by atoms with Crippen molar-refractivity contribution >= 4 is 39.0 Å². The molecule has 17 heavy (non-hydrogen) atoms. The summed E-state index contributed by atoms with van der Waals surface area (Å²) in [5.41, 5.74) is 2.60. The monoisotopic (exact) mass is 312 g/mol. The molecule has 2 rings (SSSR count).